The Labute approximate surface area is 235 Å². The summed E-state index contributed by atoms with van der Waals surface area (Å²) in [6.07, 6.45) is -0.240. The van der Waals surface area contributed by atoms with Crippen molar-refractivity contribution in [2.45, 2.75) is 34.7 Å². The molecule has 0 spiro atoms. The molecule has 4 N–H and O–H groups in total. The van der Waals surface area contributed by atoms with Crippen molar-refractivity contribution in [1.82, 2.24) is 5.32 Å². The number of nitrogens with one attached hydrogen (secondary N) is 1. The van der Waals surface area contributed by atoms with Crippen molar-refractivity contribution in [3.8, 4) is 0 Å². The van der Waals surface area contributed by atoms with Crippen LogP contribution in [0.4, 0.5) is 0 Å². The second-order valence-corrected chi connectivity index (χ2v) is 9.37. The fraction of sp³-hybridized carbons (Fsp3) is 0.222. The van der Waals surface area contributed by atoms with Gasteiger partial charge in [0.15, 0.2) is 0 Å². The third-order valence-corrected chi connectivity index (χ3v) is 5.97. The van der Waals surface area contributed by atoms with Crippen LogP contribution in [0.25, 0.3) is 0 Å². The van der Waals surface area contributed by atoms with Crippen molar-refractivity contribution in [1.29, 1.82) is 0 Å². The number of carboxylic acid groups (broad SMARTS) is 1. The zero-order chi connectivity index (χ0) is 23.4. The maximum Gasteiger partial charge on any atom is 1.00 e. The van der Waals surface area contributed by atoms with Crippen LogP contribution in [0.15, 0.2) is 58.3 Å². The molecule has 2 rings (SSSR count). The van der Waals surface area contributed by atoms with Gasteiger partial charge in [0, 0.05) is 6.42 Å². The van der Waals surface area contributed by atoms with Gasteiger partial charge in [-0.25, -0.2) is 21.6 Å². The molecule has 1 amide bonds. The fourth-order valence-corrected chi connectivity index (χ4v) is 3.58. The van der Waals surface area contributed by atoms with Gasteiger partial charge in [0.25, 0.3) is 0 Å². The average Bonchev–Trinajstić information content (AvgIpc) is 2.66. The molecule has 0 bridgehead atoms. The molecule has 168 valence electrons. The standard InChI is InChI=1S/C18H20N2O9S2.2Na/c19-15(9-11-1-5-13(6-2-11)30(24,25)26)17(21)20-16(18(22)23)10-12-3-7-14(8-4-12)31(27,28)29;;/h1-8,15-16H,9-10,19H2,(H,20,21)(H,22,23)(H,24,25,26)(H,27,28,29);;/q;2*+1/p-2. The molecular weight excluding hydrogens is 498 g/mol. The summed E-state index contributed by atoms with van der Waals surface area (Å²) >= 11 is 0. The molecule has 0 saturated heterocycles. The number of nitrogens with two attached hydrogens (primary N) is 1. The summed E-state index contributed by atoms with van der Waals surface area (Å²) in [5.74, 6) is -2.14. The van der Waals surface area contributed by atoms with Crippen molar-refractivity contribution in [3.05, 3.63) is 59.7 Å². The molecule has 0 aromatic heterocycles. The van der Waals surface area contributed by atoms with E-state index in [2.05, 4.69) is 5.32 Å². The number of rotatable bonds is 9. The van der Waals surface area contributed by atoms with E-state index in [1.54, 1.807) is 0 Å². The Morgan fingerprint density at radius 3 is 1.52 bits per heavy atom. The summed E-state index contributed by atoms with van der Waals surface area (Å²) in [7, 11) is -9.25. The minimum atomic E-state index is -4.64. The van der Waals surface area contributed by atoms with Crippen LogP contribution in [0.2, 0.25) is 0 Å². The zero-order valence-corrected chi connectivity index (χ0v) is 23.4. The molecule has 0 fully saturated rings. The van der Waals surface area contributed by atoms with Crippen molar-refractivity contribution in [2.75, 3.05) is 0 Å². The van der Waals surface area contributed by atoms with Gasteiger partial charge in [0.1, 0.15) is 26.3 Å². The van der Waals surface area contributed by atoms with Crippen LogP contribution < -0.4 is 70.2 Å². The third-order valence-electron chi connectivity index (χ3n) is 4.27. The Morgan fingerprint density at radius 2 is 1.18 bits per heavy atom. The van der Waals surface area contributed by atoms with Crippen molar-refractivity contribution in [3.63, 3.8) is 0 Å². The second kappa shape index (κ2) is 13.3. The van der Waals surface area contributed by atoms with Gasteiger partial charge in [-0.1, -0.05) is 24.3 Å². The number of benzene rings is 2. The normalized spacial score (nSPS) is 13.1. The summed E-state index contributed by atoms with van der Waals surface area (Å²) < 4.78 is 65.6. The van der Waals surface area contributed by atoms with Crippen molar-refractivity contribution < 1.29 is 99.8 Å². The van der Waals surface area contributed by atoms with Gasteiger partial charge in [-0.3, -0.25) is 4.79 Å². The van der Waals surface area contributed by atoms with E-state index in [1.807, 2.05) is 0 Å². The van der Waals surface area contributed by atoms with E-state index in [9.17, 15) is 40.6 Å². The number of amides is 1. The first-order chi connectivity index (χ1) is 14.3. The minimum Gasteiger partial charge on any atom is -0.744 e. The fourth-order valence-electron chi connectivity index (χ4n) is 2.65. The first-order valence-electron chi connectivity index (χ1n) is 8.66. The first-order valence-corrected chi connectivity index (χ1v) is 11.5. The number of aliphatic carboxylic acids is 1. The molecular formula is C18H18N2Na2O9S2. The third kappa shape index (κ3) is 10.1. The minimum absolute atomic E-state index is 0. The number of hydrogen-bond acceptors (Lipinski definition) is 9. The van der Waals surface area contributed by atoms with Crippen LogP contribution in [-0.2, 0) is 42.7 Å². The van der Waals surface area contributed by atoms with Crippen LogP contribution >= 0.6 is 0 Å². The molecule has 33 heavy (non-hydrogen) atoms. The van der Waals surface area contributed by atoms with Crippen molar-refractivity contribution >= 4 is 32.1 Å². The van der Waals surface area contributed by atoms with E-state index in [0.717, 1.165) is 24.3 Å². The Kier molecular flexibility index (Phi) is 13.0. The molecule has 0 aliphatic heterocycles. The molecule has 11 nitrogen and oxygen atoms in total. The van der Waals surface area contributed by atoms with E-state index in [4.69, 9.17) is 5.73 Å². The summed E-state index contributed by atoms with van der Waals surface area (Å²) in [5, 5.41) is 11.6. The molecule has 0 radical (unpaired) electrons. The summed E-state index contributed by atoms with van der Waals surface area (Å²) in [5.41, 5.74) is 6.62. The van der Waals surface area contributed by atoms with E-state index in [1.165, 1.54) is 24.3 Å². The van der Waals surface area contributed by atoms with E-state index in [-0.39, 0.29) is 72.0 Å². The molecule has 0 saturated carbocycles. The molecule has 0 aliphatic carbocycles. The molecule has 2 unspecified atom stereocenters. The Balaban J connectivity index is 0.00000512. The molecule has 15 heteroatoms. The maximum absolute atomic E-state index is 12.3. The number of hydrogen-bond donors (Lipinski definition) is 3. The SMILES string of the molecule is NC(Cc1ccc(S(=O)(=O)[O-])cc1)C(=O)NC(Cc1ccc(S(=O)(=O)[O-])cc1)C(=O)O.[Na+].[Na+]. The quantitative estimate of drug-likeness (QED) is 0.212. The monoisotopic (exact) mass is 516 g/mol. The van der Waals surface area contributed by atoms with E-state index >= 15 is 0 Å². The van der Waals surface area contributed by atoms with E-state index in [0.29, 0.717) is 11.1 Å². The zero-order valence-electron chi connectivity index (χ0n) is 17.8. The Morgan fingerprint density at radius 1 is 0.818 bits per heavy atom. The van der Waals surface area contributed by atoms with Crippen LogP contribution in [-0.4, -0.2) is 55.0 Å². The summed E-state index contributed by atoms with van der Waals surface area (Å²) in [6.45, 7) is 0. The van der Waals surface area contributed by atoms with Crippen LogP contribution in [0.3, 0.4) is 0 Å². The summed E-state index contributed by atoms with van der Waals surface area (Å²) in [6, 6.07) is 6.85. The van der Waals surface area contributed by atoms with Gasteiger partial charge in [-0.15, -0.1) is 0 Å². The van der Waals surface area contributed by atoms with Gasteiger partial charge >= 0.3 is 65.1 Å². The molecule has 0 heterocycles. The number of carbonyl (C=O) groups excluding carboxylic acids is 1. The van der Waals surface area contributed by atoms with Gasteiger partial charge < -0.3 is 25.3 Å². The van der Waals surface area contributed by atoms with Gasteiger partial charge in [0.2, 0.25) is 5.91 Å². The molecule has 2 aromatic carbocycles. The maximum atomic E-state index is 12.3. The van der Waals surface area contributed by atoms with Gasteiger partial charge in [0.05, 0.1) is 15.8 Å². The molecule has 0 aliphatic rings. The van der Waals surface area contributed by atoms with Crippen LogP contribution in [0, 0.1) is 0 Å². The largest absolute Gasteiger partial charge is 1.00 e. The van der Waals surface area contributed by atoms with Crippen LogP contribution in [0.5, 0.6) is 0 Å². The topological polar surface area (TPSA) is 207 Å². The Bertz CT molecular complexity index is 1170. The predicted octanol–water partition coefficient (Wildman–Crippen LogP) is -6.82. The molecule has 2 atom stereocenters. The second-order valence-electron chi connectivity index (χ2n) is 6.61. The van der Waals surface area contributed by atoms with Gasteiger partial charge in [-0.2, -0.15) is 0 Å². The van der Waals surface area contributed by atoms with E-state index < -0.39 is 54.0 Å². The average molecular weight is 516 g/mol. The Hall–Kier alpha value is -0.840. The first kappa shape index (κ1) is 32.2. The van der Waals surface area contributed by atoms with Crippen molar-refractivity contribution in [2.24, 2.45) is 5.73 Å². The smallest absolute Gasteiger partial charge is 0.744 e. The molecule has 2 aromatic rings. The number of carboxylic acids is 1. The van der Waals surface area contributed by atoms with Gasteiger partial charge in [-0.05, 0) is 41.8 Å². The van der Waals surface area contributed by atoms with Crippen LogP contribution in [0.1, 0.15) is 11.1 Å². The predicted molar refractivity (Wildman–Crippen MR) is 104 cm³/mol. The number of carbonyl (C=O) groups is 2. The summed E-state index contributed by atoms with van der Waals surface area (Å²) in [4.78, 5) is 22.9.